The maximum absolute atomic E-state index is 13.6. The van der Waals surface area contributed by atoms with Gasteiger partial charge in [-0.15, -0.1) is 0 Å². The molecule has 3 heterocycles. The molecule has 1 N–H and O–H groups in total. The second-order valence-corrected chi connectivity index (χ2v) is 8.16. The number of pyridine rings is 1. The second kappa shape index (κ2) is 7.06. The first-order valence-corrected chi connectivity index (χ1v) is 10.6. The van der Waals surface area contributed by atoms with Gasteiger partial charge < -0.3 is 5.11 Å². The summed E-state index contributed by atoms with van der Waals surface area (Å²) in [7, 11) is 0. The summed E-state index contributed by atoms with van der Waals surface area (Å²) in [6, 6.07) is 19.9. The van der Waals surface area contributed by atoms with Crippen LogP contribution < -0.4 is 4.90 Å². The number of aliphatic hydroxyl groups excluding tert-OH is 1. The van der Waals surface area contributed by atoms with Crippen molar-refractivity contribution in [2.75, 3.05) is 4.90 Å². The summed E-state index contributed by atoms with van der Waals surface area (Å²) in [5.41, 5.74) is 1.87. The number of Topliss-reactive ketones (excluding diaryl/α,β-unsaturated/α-hetero) is 1. The maximum atomic E-state index is 13.6. The van der Waals surface area contributed by atoms with E-state index in [1.807, 2.05) is 0 Å². The van der Waals surface area contributed by atoms with Crippen LogP contribution in [0.2, 0.25) is 0 Å². The average Bonchev–Trinajstić information content (AvgIpc) is 3.44. The van der Waals surface area contributed by atoms with Crippen LogP contribution in [0.25, 0.3) is 5.76 Å². The Kier molecular flexibility index (Phi) is 4.13. The summed E-state index contributed by atoms with van der Waals surface area (Å²) < 4.78 is 0. The Balaban J connectivity index is 1.52. The minimum Gasteiger partial charge on any atom is -0.506 e. The van der Waals surface area contributed by atoms with Gasteiger partial charge in [-0.25, -0.2) is 4.90 Å². The topological polar surface area (TPSA) is 99.9 Å². The molecule has 1 aliphatic carbocycles. The van der Waals surface area contributed by atoms with Gasteiger partial charge in [0, 0.05) is 17.3 Å². The number of fused-ring (bicyclic) bond motifs is 2. The van der Waals surface area contributed by atoms with Gasteiger partial charge >= 0.3 is 0 Å². The van der Waals surface area contributed by atoms with Gasteiger partial charge in [-0.1, -0.05) is 48.5 Å². The molecule has 7 heteroatoms. The Labute approximate surface area is 188 Å². The van der Waals surface area contributed by atoms with E-state index in [4.69, 9.17) is 0 Å². The number of ketones is 1. The number of allylic oxidation sites excluding steroid dienone is 1. The first-order chi connectivity index (χ1) is 16.1. The number of rotatable bonds is 3. The largest absolute Gasteiger partial charge is 0.506 e. The number of carbonyl (C=O) groups is 3. The van der Waals surface area contributed by atoms with Crippen LogP contribution in [-0.4, -0.2) is 33.4 Å². The Morgan fingerprint density at radius 1 is 0.788 bits per heavy atom. The van der Waals surface area contributed by atoms with Crippen LogP contribution in [-0.2, 0) is 9.59 Å². The first-order valence-electron chi connectivity index (χ1n) is 10.6. The van der Waals surface area contributed by atoms with E-state index in [2.05, 4.69) is 9.98 Å². The van der Waals surface area contributed by atoms with E-state index in [1.54, 1.807) is 79.0 Å². The van der Waals surface area contributed by atoms with Gasteiger partial charge in [-0.2, -0.15) is 0 Å². The normalized spacial score (nSPS) is 23.8. The average molecular weight is 435 g/mol. The Morgan fingerprint density at radius 2 is 1.48 bits per heavy atom. The van der Waals surface area contributed by atoms with Gasteiger partial charge in [-0.3, -0.25) is 24.4 Å². The van der Waals surface area contributed by atoms with Crippen LogP contribution in [0.15, 0.2) is 89.6 Å². The highest BCUT2D eigenvalue weighted by Gasteiger charge is 2.59. The standard InChI is InChI=1S/C26H17N3O4/c30-23-15-10-4-5-11-16(15)24(31)20(23)22-19-18(21(28-22)17-12-6-7-13-27-17)25(32)29(26(19)33)14-8-2-1-3-9-14/h1-13,18-19,21,30H/t18-,19-,21+/m0/s1. The molecule has 0 bridgehead atoms. The van der Waals surface area contributed by atoms with Crippen molar-refractivity contribution in [1.82, 2.24) is 4.98 Å². The van der Waals surface area contributed by atoms with E-state index in [0.717, 1.165) is 4.90 Å². The SMILES string of the molecule is O=C1C(C2=N[C@H](c3ccccn3)[C@H]3C(=O)N(c4ccccc4)C(=O)[C@H]23)=C(O)c2ccccc21. The Bertz CT molecular complexity index is 1400. The van der Waals surface area contributed by atoms with Gasteiger partial charge in [0.2, 0.25) is 11.8 Å². The van der Waals surface area contributed by atoms with Crippen LogP contribution >= 0.6 is 0 Å². The molecule has 1 saturated heterocycles. The van der Waals surface area contributed by atoms with E-state index < -0.39 is 35.5 Å². The zero-order chi connectivity index (χ0) is 22.7. The molecule has 0 spiro atoms. The lowest BCUT2D eigenvalue weighted by molar-refractivity contribution is -0.122. The molecule has 2 aliphatic heterocycles. The van der Waals surface area contributed by atoms with E-state index in [1.165, 1.54) is 0 Å². The lowest BCUT2D eigenvalue weighted by Gasteiger charge is -2.17. The lowest BCUT2D eigenvalue weighted by atomic mass is 9.84. The van der Waals surface area contributed by atoms with Crippen molar-refractivity contribution < 1.29 is 19.5 Å². The monoisotopic (exact) mass is 435 g/mol. The van der Waals surface area contributed by atoms with Crippen LogP contribution in [0.4, 0.5) is 5.69 Å². The lowest BCUT2D eigenvalue weighted by Crippen LogP contribution is -2.33. The fraction of sp³-hybridized carbons (Fsp3) is 0.115. The Morgan fingerprint density at radius 3 is 2.18 bits per heavy atom. The molecule has 2 amide bonds. The molecular formula is C26H17N3O4. The number of aliphatic hydroxyl groups is 1. The van der Waals surface area contributed by atoms with Gasteiger partial charge in [0.15, 0.2) is 5.78 Å². The van der Waals surface area contributed by atoms with Crippen molar-refractivity contribution in [3.8, 4) is 0 Å². The number of carbonyl (C=O) groups excluding carboxylic acids is 3. The van der Waals surface area contributed by atoms with Gasteiger partial charge in [-0.05, 0) is 24.3 Å². The van der Waals surface area contributed by atoms with Crippen molar-refractivity contribution in [2.45, 2.75) is 6.04 Å². The zero-order valence-corrected chi connectivity index (χ0v) is 17.3. The van der Waals surface area contributed by atoms with Crippen LogP contribution in [0.3, 0.4) is 0 Å². The molecule has 0 radical (unpaired) electrons. The van der Waals surface area contributed by atoms with E-state index >= 15 is 0 Å². The highest BCUT2D eigenvalue weighted by molar-refractivity contribution is 6.42. The molecule has 3 aromatic rings. The number of para-hydroxylation sites is 1. The number of nitrogens with zero attached hydrogens (tertiary/aromatic N) is 3. The fourth-order valence-electron chi connectivity index (χ4n) is 4.96. The molecule has 0 unspecified atom stereocenters. The molecule has 3 aliphatic rings. The minimum atomic E-state index is -0.986. The number of aliphatic imine (C=N–C) groups is 1. The quantitative estimate of drug-likeness (QED) is 0.635. The van der Waals surface area contributed by atoms with Crippen LogP contribution in [0.5, 0.6) is 0 Å². The molecule has 2 aromatic carbocycles. The molecule has 160 valence electrons. The van der Waals surface area contributed by atoms with Crippen LogP contribution in [0, 0.1) is 11.8 Å². The minimum absolute atomic E-state index is 0.0132. The maximum Gasteiger partial charge on any atom is 0.243 e. The van der Waals surface area contributed by atoms with Crippen molar-refractivity contribution >= 4 is 34.8 Å². The number of aromatic nitrogens is 1. The van der Waals surface area contributed by atoms with Crippen molar-refractivity contribution in [3.63, 3.8) is 0 Å². The highest BCUT2D eigenvalue weighted by Crippen LogP contribution is 2.48. The summed E-state index contributed by atoms with van der Waals surface area (Å²) in [6.45, 7) is 0. The number of hydrogen-bond acceptors (Lipinski definition) is 6. The molecule has 1 fully saturated rings. The molecule has 1 aromatic heterocycles. The molecule has 3 atom stereocenters. The third-order valence-electron chi connectivity index (χ3n) is 6.42. The number of amides is 2. The van der Waals surface area contributed by atoms with Crippen molar-refractivity contribution in [2.24, 2.45) is 16.8 Å². The summed E-state index contributed by atoms with van der Waals surface area (Å²) >= 11 is 0. The predicted octanol–water partition coefficient (Wildman–Crippen LogP) is 3.55. The molecule has 33 heavy (non-hydrogen) atoms. The van der Waals surface area contributed by atoms with E-state index in [0.29, 0.717) is 22.5 Å². The summed E-state index contributed by atoms with van der Waals surface area (Å²) in [5.74, 6) is -3.31. The predicted molar refractivity (Wildman–Crippen MR) is 121 cm³/mol. The smallest absolute Gasteiger partial charge is 0.243 e. The van der Waals surface area contributed by atoms with Gasteiger partial charge in [0.25, 0.3) is 0 Å². The van der Waals surface area contributed by atoms with E-state index in [9.17, 15) is 19.5 Å². The third kappa shape index (κ3) is 2.65. The van der Waals surface area contributed by atoms with Crippen LogP contribution in [0.1, 0.15) is 27.7 Å². The Hall–Kier alpha value is -4.39. The molecule has 6 rings (SSSR count). The van der Waals surface area contributed by atoms with Crippen molar-refractivity contribution in [3.05, 3.63) is 101 Å². The summed E-state index contributed by atoms with van der Waals surface area (Å²) in [4.78, 5) is 50.6. The number of anilines is 1. The summed E-state index contributed by atoms with van der Waals surface area (Å²) in [6.07, 6.45) is 1.60. The number of imide groups is 1. The summed E-state index contributed by atoms with van der Waals surface area (Å²) in [5, 5.41) is 10.9. The third-order valence-corrected chi connectivity index (χ3v) is 6.42. The zero-order valence-electron chi connectivity index (χ0n) is 17.3. The second-order valence-electron chi connectivity index (χ2n) is 8.16. The van der Waals surface area contributed by atoms with Gasteiger partial charge in [0.05, 0.1) is 34.5 Å². The first kappa shape index (κ1) is 19.3. The van der Waals surface area contributed by atoms with Gasteiger partial charge in [0.1, 0.15) is 11.8 Å². The fourth-order valence-corrected chi connectivity index (χ4v) is 4.96. The molecule has 7 nitrogen and oxygen atoms in total. The highest BCUT2D eigenvalue weighted by atomic mass is 16.3. The molecular weight excluding hydrogens is 418 g/mol. The number of hydrogen-bond donors (Lipinski definition) is 1. The van der Waals surface area contributed by atoms with Crippen molar-refractivity contribution in [1.29, 1.82) is 0 Å². The number of benzene rings is 2. The molecule has 0 saturated carbocycles. The van der Waals surface area contributed by atoms with E-state index in [-0.39, 0.29) is 17.0 Å².